The molecule has 6 heteroatoms. The minimum atomic E-state index is -1.17. The number of nitrogens with zero attached hydrogens (tertiary/aromatic N) is 1. The highest BCUT2D eigenvalue weighted by atomic mass is 32.1. The van der Waals surface area contributed by atoms with E-state index >= 15 is 0 Å². The zero-order valence-corrected chi connectivity index (χ0v) is 8.63. The Morgan fingerprint density at radius 1 is 1.47 bits per heavy atom. The Morgan fingerprint density at radius 2 is 2.13 bits per heavy atom. The number of rotatable bonds is 4. The molecule has 0 amide bonds. The number of aromatic nitrogens is 1. The summed E-state index contributed by atoms with van der Waals surface area (Å²) in [6, 6.07) is 1.27. The Balaban J connectivity index is 2.94. The van der Waals surface area contributed by atoms with Gasteiger partial charge in [0, 0.05) is 23.7 Å². The summed E-state index contributed by atoms with van der Waals surface area (Å²) in [5.74, 6) is -1.05. The number of thiol groups is 1. The average molecular weight is 229 g/mol. The van der Waals surface area contributed by atoms with Crippen molar-refractivity contribution in [2.24, 2.45) is 0 Å². The number of hydrogen-bond acceptors (Lipinski definition) is 5. The summed E-state index contributed by atoms with van der Waals surface area (Å²) in [5, 5.41) is 27.6. The number of carboxylic acids is 1. The van der Waals surface area contributed by atoms with Gasteiger partial charge in [-0.3, -0.25) is 4.98 Å². The van der Waals surface area contributed by atoms with Gasteiger partial charge in [-0.05, 0) is 6.07 Å². The lowest BCUT2D eigenvalue weighted by atomic mass is 10.1. The van der Waals surface area contributed by atoms with Gasteiger partial charge in [0.1, 0.15) is 6.10 Å². The summed E-state index contributed by atoms with van der Waals surface area (Å²) in [6.45, 7) is 0. The zero-order chi connectivity index (χ0) is 11.4. The number of aliphatic hydroxyl groups excluding tert-OH is 2. The van der Waals surface area contributed by atoms with Gasteiger partial charge < -0.3 is 15.3 Å². The summed E-state index contributed by atoms with van der Waals surface area (Å²) in [7, 11) is 0. The van der Waals surface area contributed by atoms with Crippen LogP contribution in [0, 0.1) is 0 Å². The molecule has 15 heavy (non-hydrogen) atoms. The second-order valence-electron chi connectivity index (χ2n) is 3.01. The van der Waals surface area contributed by atoms with Crippen LogP contribution >= 0.6 is 12.6 Å². The predicted octanol–water partition coefficient (Wildman–Crippen LogP) is 0.104. The highest BCUT2D eigenvalue weighted by molar-refractivity contribution is 7.80. The van der Waals surface area contributed by atoms with E-state index in [2.05, 4.69) is 17.6 Å². The van der Waals surface area contributed by atoms with Crippen molar-refractivity contribution in [1.29, 1.82) is 0 Å². The predicted molar refractivity (Wildman–Crippen MR) is 56.0 cm³/mol. The maximum Gasteiger partial charge on any atom is 0.337 e. The van der Waals surface area contributed by atoms with E-state index in [0.717, 1.165) is 0 Å². The molecular weight excluding hydrogens is 218 g/mol. The largest absolute Gasteiger partial charge is 0.478 e. The third-order valence-electron chi connectivity index (χ3n) is 1.90. The maximum atomic E-state index is 10.6. The SMILES string of the molecule is O=C(O)c1cncc(C(O)C(O)CS)c1. The molecule has 5 nitrogen and oxygen atoms in total. The fourth-order valence-corrected chi connectivity index (χ4v) is 1.26. The molecular formula is C9H11NO4S. The van der Waals surface area contributed by atoms with E-state index < -0.39 is 18.2 Å². The first-order valence-electron chi connectivity index (χ1n) is 4.21. The molecule has 0 aliphatic rings. The highest BCUT2D eigenvalue weighted by Crippen LogP contribution is 2.17. The molecule has 0 aromatic carbocycles. The van der Waals surface area contributed by atoms with Crippen molar-refractivity contribution in [2.45, 2.75) is 12.2 Å². The van der Waals surface area contributed by atoms with Gasteiger partial charge in [0.05, 0.1) is 11.7 Å². The standard InChI is InChI=1S/C9H11NO4S/c11-7(4-15)8(12)5-1-6(9(13)14)3-10-2-5/h1-3,7-8,11-12,15H,4H2,(H,13,14). The average Bonchev–Trinajstić information content (AvgIpc) is 2.27. The Hall–Kier alpha value is -1.11. The van der Waals surface area contributed by atoms with E-state index in [4.69, 9.17) is 5.11 Å². The normalized spacial score (nSPS) is 14.6. The number of carboxylic acid groups (broad SMARTS) is 1. The first-order valence-corrected chi connectivity index (χ1v) is 4.84. The Kier molecular flexibility index (Phi) is 4.07. The van der Waals surface area contributed by atoms with Crippen molar-refractivity contribution in [3.8, 4) is 0 Å². The molecule has 0 aliphatic carbocycles. The summed E-state index contributed by atoms with van der Waals surface area (Å²) in [5.41, 5.74) is 0.231. The topological polar surface area (TPSA) is 90.7 Å². The van der Waals surface area contributed by atoms with E-state index in [1.165, 1.54) is 18.5 Å². The minimum Gasteiger partial charge on any atom is -0.478 e. The number of aromatic carboxylic acids is 1. The summed E-state index contributed by atoms with van der Waals surface area (Å²) < 4.78 is 0. The van der Waals surface area contributed by atoms with Gasteiger partial charge >= 0.3 is 5.97 Å². The van der Waals surface area contributed by atoms with Gasteiger partial charge in [-0.25, -0.2) is 4.79 Å². The summed E-state index contributed by atoms with van der Waals surface area (Å²) >= 11 is 3.82. The smallest absolute Gasteiger partial charge is 0.337 e. The van der Waals surface area contributed by atoms with E-state index in [1.807, 2.05) is 0 Å². The van der Waals surface area contributed by atoms with Crippen LogP contribution in [0.2, 0.25) is 0 Å². The fraction of sp³-hybridized carbons (Fsp3) is 0.333. The van der Waals surface area contributed by atoms with Gasteiger partial charge in [0.2, 0.25) is 0 Å². The first kappa shape index (κ1) is 12.0. The van der Waals surface area contributed by atoms with Gasteiger partial charge in [0.15, 0.2) is 0 Å². The van der Waals surface area contributed by atoms with Crippen LogP contribution in [0.3, 0.4) is 0 Å². The van der Waals surface area contributed by atoms with E-state index in [-0.39, 0.29) is 16.9 Å². The summed E-state index contributed by atoms with van der Waals surface area (Å²) in [6.07, 6.45) is 0.267. The molecule has 0 saturated heterocycles. The van der Waals surface area contributed by atoms with Gasteiger partial charge in [0.25, 0.3) is 0 Å². The van der Waals surface area contributed by atoms with Crippen molar-refractivity contribution in [1.82, 2.24) is 4.98 Å². The molecule has 0 spiro atoms. The molecule has 0 saturated carbocycles. The van der Waals surface area contributed by atoms with Crippen LogP contribution in [0.5, 0.6) is 0 Å². The van der Waals surface area contributed by atoms with Crippen molar-refractivity contribution in [3.63, 3.8) is 0 Å². The molecule has 0 bridgehead atoms. The van der Waals surface area contributed by atoms with Crippen LogP contribution in [-0.4, -0.2) is 38.1 Å². The van der Waals surface area contributed by atoms with Crippen LogP contribution in [0.15, 0.2) is 18.5 Å². The Morgan fingerprint density at radius 3 is 2.67 bits per heavy atom. The molecule has 3 N–H and O–H groups in total. The molecule has 2 unspecified atom stereocenters. The number of carbonyl (C=O) groups is 1. The number of aliphatic hydroxyl groups is 2. The van der Waals surface area contributed by atoms with Crippen molar-refractivity contribution < 1.29 is 20.1 Å². The van der Waals surface area contributed by atoms with Gasteiger partial charge in [-0.1, -0.05) is 0 Å². The maximum absolute atomic E-state index is 10.6. The zero-order valence-electron chi connectivity index (χ0n) is 7.74. The van der Waals surface area contributed by atoms with Gasteiger partial charge in [-0.15, -0.1) is 0 Å². The second-order valence-corrected chi connectivity index (χ2v) is 3.37. The quantitative estimate of drug-likeness (QED) is 0.550. The Labute approximate surface area is 91.8 Å². The molecule has 0 radical (unpaired) electrons. The second kappa shape index (κ2) is 5.11. The molecule has 1 aromatic heterocycles. The molecule has 82 valence electrons. The molecule has 1 aromatic rings. The first-order chi connectivity index (χ1) is 7.06. The van der Waals surface area contributed by atoms with E-state index in [0.29, 0.717) is 0 Å². The van der Waals surface area contributed by atoms with Crippen molar-refractivity contribution in [3.05, 3.63) is 29.6 Å². The molecule has 1 rings (SSSR count). The third kappa shape index (κ3) is 2.92. The molecule has 0 fully saturated rings. The third-order valence-corrected chi connectivity index (χ3v) is 2.27. The minimum absolute atomic E-state index is 0.0297. The van der Waals surface area contributed by atoms with Crippen LogP contribution in [0.25, 0.3) is 0 Å². The number of hydrogen-bond donors (Lipinski definition) is 4. The lowest BCUT2D eigenvalue weighted by Crippen LogP contribution is -2.20. The molecule has 2 atom stereocenters. The van der Waals surface area contributed by atoms with Crippen molar-refractivity contribution >= 4 is 18.6 Å². The fourth-order valence-electron chi connectivity index (χ4n) is 1.06. The van der Waals surface area contributed by atoms with Crippen molar-refractivity contribution in [2.75, 3.05) is 5.75 Å². The van der Waals surface area contributed by atoms with Crippen LogP contribution in [0.4, 0.5) is 0 Å². The molecule has 1 heterocycles. The summed E-state index contributed by atoms with van der Waals surface area (Å²) in [4.78, 5) is 14.3. The van der Waals surface area contributed by atoms with E-state index in [9.17, 15) is 15.0 Å². The van der Waals surface area contributed by atoms with Crippen LogP contribution < -0.4 is 0 Å². The monoisotopic (exact) mass is 229 g/mol. The molecule has 0 aliphatic heterocycles. The Bertz CT molecular complexity index is 358. The van der Waals surface area contributed by atoms with Crippen LogP contribution in [0.1, 0.15) is 22.0 Å². The highest BCUT2D eigenvalue weighted by Gasteiger charge is 2.18. The van der Waals surface area contributed by atoms with E-state index in [1.54, 1.807) is 0 Å². The number of pyridine rings is 1. The lowest BCUT2D eigenvalue weighted by Gasteiger charge is -2.15. The van der Waals surface area contributed by atoms with Crippen LogP contribution in [-0.2, 0) is 0 Å². The van der Waals surface area contributed by atoms with Gasteiger partial charge in [-0.2, -0.15) is 12.6 Å². The lowest BCUT2D eigenvalue weighted by molar-refractivity contribution is 0.0334.